The van der Waals surface area contributed by atoms with Gasteiger partial charge in [-0.25, -0.2) is 14.2 Å². The maximum atomic E-state index is 14.1. The lowest BCUT2D eigenvalue weighted by Crippen LogP contribution is -2.52. The molecule has 152 valence electrons. The average molecular weight is 404 g/mol. The van der Waals surface area contributed by atoms with Crippen LogP contribution in [0.5, 0.6) is 0 Å². The van der Waals surface area contributed by atoms with Crippen LogP contribution in [-0.2, 0) is 14.3 Å². The third-order valence-corrected chi connectivity index (χ3v) is 3.32. The third-order valence-electron chi connectivity index (χ3n) is 3.11. The molecule has 1 heterocycles. The molecule has 0 aliphatic heterocycles. The number of amides is 2. The van der Waals surface area contributed by atoms with E-state index in [4.69, 9.17) is 21.1 Å². The Hall–Kier alpha value is -1.93. The number of carbonyl (C=O) groups is 2. The van der Waals surface area contributed by atoms with Crippen molar-refractivity contribution < 1.29 is 23.5 Å². The number of halogens is 2. The number of nitrogens with one attached hydrogen (secondary N) is 1. The van der Waals surface area contributed by atoms with Crippen molar-refractivity contribution in [1.29, 1.82) is 0 Å². The minimum Gasteiger partial charge on any atom is -0.444 e. The zero-order valence-electron chi connectivity index (χ0n) is 16.7. The van der Waals surface area contributed by atoms with Gasteiger partial charge in [-0.3, -0.25) is 9.69 Å². The van der Waals surface area contributed by atoms with Crippen molar-refractivity contribution in [2.45, 2.75) is 58.8 Å². The second-order valence-electron chi connectivity index (χ2n) is 7.98. The van der Waals surface area contributed by atoms with Crippen LogP contribution in [0, 0.1) is 5.82 Å². The SMILES string of the molecule is CN(C(=O)C(COC(C)(C)C)NC(=O)OC(C)(C)C)c1ncc(Cl)cc1F. The molecule has 1 aromatic rings. The molecule has 1 unspecified atom stereocenters. The molecule has 0 aliphatic carbocycles. The molecule has 1 aromatic heterocycles. The van der Waals surface area contributed by atoms with Crippen LogP contribution >= 0.6 is 11.6 Å². The molecule has 7 nitrogen and oxygen atoms in total. The summed E-state index contributed by atoms with van der Waals surface area (Å²) in [6.07, 6.45) is 0.447. The number of aromatic nitrogens is 1. The van der Waals surface area contributed by atoms with E-state index in [9.17, 15) is 14.0 Å². The van der Waals surface area contributed by atoms with Gasteiger partial charge < -0.3 is 14.8 Å². The fraction of sp³-hybridized carbons (Fsp3) is 0.611. The zero-order valence-corrected chi connectivity index (χ0v) is 17.5. The number of rotatable bonds is 5. The maximum Gasteiger partial charge on any atom is 0.408 e. The Labute approximate surface area is 164 Å². The first-order valence-corrected chi connectivity index (χ1v) is 8.79. The van der Waals surface area contributed by atoms with Crippen LogP contribution in [0.2, 0.25) is 5.02 Å². The topological polar surface area (TPSA) is 80.8 Å². The molecule has 27 heavy (non-hydrogen) atoms. The molecule has 2 amide bonds. The molecule has 9 heteroatoms. The second-order valence-corrected chi connectivity index (χ2v) is 8.41. The van der Waals surface area contributed by atoms with Gasteiger partial charge in [0.1, 0.15) is 11.6 Å². The summed E-state index contributed by atoms with van der Waals surface area (Å²) in [7, 11) is 1.35. The lowest BCUT2D eigenvalue weighted by Gasteiger charge is -2.28. The molecule has 1 N–H and O–H groups in total. The first-order chi connectivity index (χ1) is 12.2. The first kappa shape index (κ1) is 23.1. The van der Waals surface area contributed by atoms with E-state index in [1.807, 2.05) is 20.8 Å². The Balaban J connectivity index is 3.01. The van der Waals surface area contributed by atoms with Crippen LogP contribution < -0.4 is 10.2 Å². The summed E-state index contributed by atoms with van der Waals surface area (Å²) in [5, 5.41) is 2.58. The van der Waals surface area contributed by atoms with Crippen LogP contribution in [0.25, 0.3) is 0 Å². The van der Waals surface area contributed by atoms with Gasteiger partial charge in [0.15, 0.2) is 11.6 Å². The monoisotopic (exact) mass is 403 g/mol. The molecule has 0 spiro atoms. The summed E-state index contributed by atoms with van der Waals surface area (Å²) in [5.74, 6) is -1.58. The Morgan fingerprint density at radius 1 is 1.26 bits per heavy atom. The lowest BCUT2D eigenvalue weighted by atomic mass is 10.2. The molecule has 1 rings (SSSR count). The Kier molecular flexibility index (Phi) is 7.57. The van der Waals surface area contributed by atoms with Gasteiger partial charge in [-0.05, 0) is 47.6 Å². The molecule has 0 fully saturated rings. The van der Waals surface area contributed by atoms with Crippen molar-refractivity contribution in [2.24, 2.45) is 0 Å². The summed E-state index contributed by atoms with van der Waals surface area (Å²) in [6, 6.07) is -0.0451. The lowest BCUT2D eigenvalue weighted by molar-refractivity contribution is -0.123. The molecule has 0 saturated heterocycles. The van der Waals surface area contributed by atoms with Crippen LogP contribution in [-0.4, -0.2) is 47.9 Å². The number of hydrogen-bond acceptors (Lipinski definition) is 5. The standard InChI is InChI=1S/C18H27ClFN3O4/c1-17(2,3)26-10-13(22-16(25)27-18(4,5)6)15(24)23(7)14-12(20)8-11(19)9-21-14/h8-9,13H,10H2,1-7H3,(H,22,25). The Morgan fingerprint density at radius 2 is 1.85 bits per heavy atom. The van der Waals surface area contributed by atoms with Gasteiger partial charge in [0.2, 0.25) is 0 Å². The minimum atomic E-state index is -1.10. The van der Waals surface area contributed by atoms with Crippen molar-refractivity contribution in [3.63, 3.8) is 0 Å². The summed E-state index contributed by atoms with van der Waals surface area (Å²) in [6.45, 7) is 10.4. The molecule has 0 bridgehead atoms. The van der Waals surface area contributed by atoms with Gasteiger partial charge in [0.05, 0.1) is 17.2 Å². The van der Waals surface area contributed by atoms with Crippen molar-refractivity contribution in [3.8, 4) is 0 Å². The van der Waals surface area contributed by atoms with E-state index in [1.54, 1.807) is 20.8 Å². The normalized spacial score (nSPS) is 13.1. The van der Waals surface area contributed by atoms with Gasteiger partial charge in [0.25, 0.3) is 5.91 Å². The van der Waals surface area contributed by atoms with Crippen LogP contribution in [0.3, 0.4) is 0 Å². The molecule has 0 aliphatic rings. The van der Waals surface area contributed by atoms with Crippen LogP contribution in [0.15, 0.2) is 12.3 Å². The van der Waals surface area contributed by atoms with Gasteiger partial charge in [-0.1, -0.05) is 11.6 Å². The second kappa shape index (κ2) is 8.84. The van der Waals surface area contributed by atoms with Crippen LogP contribution in [0.1, 0.15) is 41.5 Å². The van der Waals surface area contributed by atoms with Gasteiger partial charge in [0, 0.05) is 13.2 Å². The summed E-state index contributed by atoms with van der Waals surface area (Å²) in [5.41, 5.74) is -1.28. The summed E-state index contributed by atoms with van der Waals surface area (Å²) < 4.78 is 24.9. The Bertz CT molecular complexity index is 686. The number of likely N-dealkylation sites (N-methyl/N-ethyl adjacent to an activating group) is 1. The highest BCUT2D eigenvalue weighted by Crippen LogP contribution is 2.20. The van der Waals surface area contributed by atoms with Gasteiger partial charge in [-0.2, -0.15) is 0 Å². The quantitative estimate of drug-likeness (QED) is 0.813. The van der Waals surface area contributed by atoms with E-state index in [0.29, 0.717) is 0 Å². The number of nitrogens with zero attached hydrogens (tertiary/aromatic N) is 2. The molecular weight excluding hydrogens is 377 g/mol. The highest BCUT2D eigenvalue weighted by molar-refractivity contribution is 6.30. The van der Waals surface area contributed by atoms with Crippen molar-refractivity contribution >= 4 is 29.4 Å². The Morgan fingerprint density at radius 3 is 2.33 bits per heavy atom. The number of alkyl carbamates (subject to hydrolysis) is 1. The minimum absolute atomic E-state index is 0.108. The van der Waals surface area contributed by atoms with E-state index in [2.05, 4.69) is 10.3 Å². The number of hydrogen-bond donors (Lipinski definition) is 1. The summed E-state index contributed by atoms with van der Waals surface area (Å²) >= 11 is 5.69. The maximum absolute atomic E-state index is 14.1. The van der Waals surface area contributed by atoms with E-state index < -0.39 is 35.1 Å². The highest BCUT2D eigenvalue weighted by Gasteiger charge is 2.30. The summed E-state index contributed by atoms with van der Waals surface area (Å²) in [4.78, 5) is 29.8. The fourth-order valence-corrected chi connectivity index (χ4v) is 2.09. The van der Waals surface area contributed by atoms with Crippen molar-refractivity contribution in [2.75, 3.05) is 18.6 Å². The van der Waals surface area contributed by atoms with Crippen molar-refractivity contribution in [1.82, 2.24) is 10.3 Å². The fourth-order valence-electron chi connectivity index (χ4n) is 1.95. The van der Waals surface area contributed by atoms with Gasteiger partial charge >= 0.3 is 6.09 Å². The van der Waals surface area contributed by atoms with E-state index >= 15 is 0 Å². The largest absolute Gasteiger partial charge is 0.444 e. The number of ether oxygens (including phenoxy) is 2. The van der Waals surface area contributed by atoms with E-state index in [-0.39, 0.29) is 17.4 Å². The molecular formula is C18H27ClFN3O4. The first-order valence-electron chi connectivity index (χ1n) is 8.42. The smallest absolute Gasteiger partial charge is 0.408 e. The highest BCUT2D eigenvalue weighted by atomic mass is 35.5. The van der Waals surface area contributed by atoms with E-state index in [0.717, 1.165) is 11.0 Å². The van der Waals surface area contributed by atoms with Crippen LogP contribution in [0.4, 0.5) is 15.0 Å². The van der Waals surface area contributed by atoms with E-state index in [1.165, 1.54) is 13.2 Å². The number of anilines is 1. The molecule has 1 atom stereocenters. The number of carbonyl (C=O) groups excluding carboxylic acids is 2. The molecule has 0 aromatic carbocycles. The zero-order chi connectivity index (χ0) is 21.0. The predicted octanol–water partition coefficient (Wildman–Crippen LogP) is 3.55. The predicted molar refractivity (Wildman–Crippen MR) is 101 cm³/mol. The molecule has 0 radical (unpaired) electrons. The van der Waals surface area contributed by atoms with Crippen molar-refractivity contribution in [3.05, 3.63) is 23.1 Å². The average Bonchev–Trinajstić information content (AvgIpc) is 2.47. The number of pyridine rings is 1. The third kappa shape index (κ3) is 8.09. The molecule has 0 saturated carbocycles. The van der Waals surface area contributed by atoms with Gasteiger partial charge in [-0.15, -0.1) is 0 Å².